The van der Waals surface area contributed by atoms with Crippen LogP contribution >= 0.6 is 0 Å². The standard InChI is InChI=1S/C16H25NO3S/c1-2-21(19,20)15-10-8-14(9-11-15)17-16-7-5-3-4-6-13(16)12-18/h8-11,13,16-18H,2-7,12H2,1H3/t13-,16-/m1/s1. The van der Waals surface area contributed by atoms with Crippen LogP contribution in [0.2, 0.25) is 0 Å². The zero-order valence-corrected chi connectivity index (χ0v) is 13.4. The highest BCUT2D eigenvalue weighted by Crippen LogP contribution is 2.26. The molecule has 5 heteroatoms. The summed E-state index contributed by atoms with van der Waals surface area (Å²) in [5.41, 5.74) is 0.926. The molecule has 2 atom stereocenters. The minimum Gasteiger partial charge on any atom is -0.396 e. The van der Waals surface area contributed by atoms with Gasteiger partial charge in [-0.2, -0.15) is 0 Å². The lowest BCUT2D eigenvalue weighted by molar-refractivity contribution is 0.203. The third kappa shape index (κ3) is 4.20. The molecule has 2 N–H and O–H groups in total. The van der Waals surface area contributed by atoms with Crippen LogP contribution in [-0.4, -0.2) is 31.9 Å². The predicted octanol–water partition coefficient (Wildman–Crippen LogP) is 2.83. The van der Waals surface area contributed by atoms with Gasteiger partial charge in [0.05, 0.1) is 10.6 Å². The molecule has 21 heavy (non-hydrogen) atoms. The average molecular weight is 311 g/mol. The lowest BCUT2D eigenvalue weighted by Crippen LogP contribution is -2.30. The Bertz CT molecular complexity index is 539. The van der Waals surface area contributed by atoms with Gasteiger partial charge in [-0.3, -0.25) is 0 Å². The number of sulfone groups is 1. The maximum absolute atomic E-state index is 11.8. The van der Waals surface area contributed by atoms with Crippen LogP contribution < -0.4 is 5.32 Å². The van der Waals surface area contributed by atoms with Crippen LogP contribution in [-0.2, 0) is 9.84 Å². The fraction of sp³-hybridized carbons (Fsp3) is 0.625. The van der Waals surface area contributed by atoms with E-state index in [1.54, 1.807) is 19.1 Å². The third-order valence-corrected chi connectivity index (χ3v) is 6.09. The summed E-state index contributed by atoms with van der Waals surface area (Å²) in [6.45, 7) is 1.86. The number of nitrogens with one attached hydrogen (secondary N) is 1. The number of hydrogen-bond acceptors (Lipinski definition) is 4. The van der Waals surface area contributed by atoms with Crippen molar-refractivity contribution in [3.63, 3.8) is 0 Å². The lowest BCUT2D eigenvalue weighted by Gasteiger charge is -2.25. The molecule has 0 unspecified atom stereocenters. The number of aliphatic hydroxyl groups is 1. The molecule has 4 nitrogen and oxygen atoms in total. The number of hydrogen-bond donors (Lipinski definition) is 2. The average Bonchev–Trinajstić information content (AvgIpc) is 2.73. The number of aliphatic hydroxyl groups excluding tert-OH is 1. The van der Waals surface area contributed by atoms with Crippen molar-refractivity contribution < 1.29 is 13.5 Å². The quantitative estimate of drug-likeness (QED) is 0.821. The Labute approximate surface area is 127 Å². The molecule has 1 aromatic carbocycles. The maximum Gasteiger partial charge on any atom is 0.178 e. The predicted molar refractivity (Wildman–Crippen MR) is 85.2 cm³/mol. The fourth-order valence-electron chi connectivity index (χ4n) is 2.93. The van der Waals surface area contributed by atoms with E-state index in [9.17, 15) is 13.5 Å². The second-order valence-corrected chi connectivity index (χ2v) is 8.04. The third-order valence-electron chi connectivity index (χ3n) is 4.34. The summed E-state index contributed by atoms with van der Waals surface area (Å²) < 4.78 is 23.6. The highest BCUT2D eigenvalue weighted by Gasteiger charge is 2.23. The Kier molecular flexibility index (Phi) is 5.65. The van der Waals surface area contributed by atoms with Crippen LogP contribution in [0, 0.1) is 5.92 Å². The monoisotopic (exact) mass is 311 g/mol. The molecule has 1 aliphatic carbocycles. The van der Waals surface area contributed by atoms with Gasteiger partial charge in [-0.1, -0.05) is 26.2 Å². The van der Waals surface area contributed by atoms with Gasteiger partial charge in [-0.05, 0) is 37.1 Å². The highest BCUT2D eigenvalue weighted by atomic mass is 32.2. The van der Waals surface area contributed by atoms with Crippen molar-refractivity contribution >= 4 is 15.5 Å². The van der Waals surface area contributed by atoms with Gasteiger partial charge in [0.2, 0.25) is 0 Å². The summed E-state index contributed by atoms with van der Waals surface area (Å²) in [6.07, 6.45) is 5.69. The zero-order valence-electron chi connectivity index (χ0n) is 12.6. The summed E-state index contributed by atoms with van der Waals surface area (Å²) in [5.74, 6) is 0.404. The van der Waals surface area contributed by atoms with Crippen LogP contribution in [0.1, 0.15) is 39.0 Å². The van der Waals surface area contributed by atoms with Crippen LogP contribution in [0.3, 0.4) is 0 Å². The first-order chi connectivity index (χ1) is 10.1. The molecule has 0 aliphatic heterocycles. The molecule has 1 fully saturated rings. The summed E-state index contributed by atoms with van der Waals surface area (Å²) in [6, 6.07) is 7.23. The Hall–Kier alpha value is -1.07. The van der Waals surface area contributed by atoms with E-state index in [0.717, 1.165) is 18.5 Å². The van der Waals surface area contributed by atoms with Crippen LogP contribution in [0.5, 0.6) is 0 Å². The molecule has 2 rings (SSSR count). The Morgan fingerprint density at radius 1 is 1.14 bits per heavy atom. The van der Waals surface area contributed by atoms with Gasteiger partial charge in [-0.25, -0.2) is 8.42 Å². The van der Waals surface area contributed by atoms with E-state index in [1.807, 2.05) is 12.1 Å². The van der Waals surface area contributed by atoms with E-state index >= 15 is 0 Å². The smallest absolute Gasteiger partial charge is 0.178 e. The topological polar surface area (TPSA) is 66.4 Å². The van der Waals surface area contributed by atoms with E-state index in [-0.39, 0.29) is 24.3 Å². The fourth-order valence-corrected chi connectivity index (χ4v) is 3.82. The van der Waals surface area contributed by atoms with Gasteiger partial charge in [0, 0.05) is 24.3 Å². The van der Waals surface area contributed by atoms with Gasteiger partial charge in [0.25, 0.3) is 0 Å². The van der Waals surface area contributed by atoms with Gasteiger partial charge in [0.1, 0.15) is 0 Å². The number of rotatable bonds is 5. The molecule has 0 amide bonds. The van der Waals surface area contributed by atoms with Gasteiger partial charge >= 0.3 is 0 Å². The molecular weight excluding hydrogens is 286 g/mol. The Balaban J connectivity index is 2.08. The van der Waals surface area contributed by atoms with Crippen LogP contribution in [0.25, 0.3) is 0 Å². The molecule has 1 saturated carbocycles. The van der Waals surface area contributed by atoms with E-state index in [4.69, 9.17) is 0 Å². The van der Waals surface area contributed by atoms with Gasteiger partial charge < -0.3 is 10.4 Å². The molecule has 1 aliphatic rings. The van der Waals surface area contributed by atoms with Gasteiger partial charge in [0.15, 0.2) is 9.84 Å². The van der Waals surface area contributed by atoms with Crippen molar-refractivity contribution in [3.8, 4) is 0 Å². The Morgan fingerprint density at radius 2 is 1.81 bits per heavy atom. The van der Waals surface area contributed by atoms with E-state index in [1.165, 1.54) is 19.3 Å². The van der Waals surface area contributed by atoms with Crippen molar-refractivity contribution in [2.45, 2.75) is 50.0 Å². The molecule has 0 saturated heterocycles. The van der Waals surface area contributed by atoms with Crippen LogP contribution in [0.15, 0.2) is 29.2 Å². The second-order valence-electron chi connectivity index (χ2n) is 5.76. The summed E-state index contributed by atoms with van der Waals surface area (Å²) in [5, 5.41) is 13.0. The molecular formula is C16H25NO3S. The minimum absolute atomic E-state index is 0.120. The number of anilines is 1. The van der Waals surface area contributed by atoms with Crippen molar-refractivity contribution in [2.24, 2.45) is 5.92 Å². The zero-order chi connectivity index (χ0) is 15.3. The van der Waals surface area contributed by atoms with Crippen molar-refractivity contribution in [1.82, 2.24) is 0 Å². The molecule has 118 valence electrons. The Morgan fingerprint density at radius 3 is 2.43 bits per heavy atom. The second kappa shape index (κ2) is 7.27. The van der Waals surface area contributed by atoms with E-state index in [2.05, 4.69) is 5.32 Å². The summed E-state index contributed by atoms with van der Waals surface area (Å²) in [4.78, 5) is 0.370. The summed E-state index contributed by atoms with van der Waals surface area (Å²) >= 11 is 0. The summed E-state index contributed by atoms with van der Waals surface area (Å²) in [7, 11) is -3.14. The number of benzene rings is 1. The SMILES string of the molecule is CCS(=O)(=O)c1ccc(N[C@@H]2CCCCC[C@@H]2CO)cc1. The van der Waals surface area contributed by atoms with Crippen molar-refractivity contribution in [3.05, 3.63) is 24.3 Å². The first-order valence-electron chi connectivity index (χ1n) is 7.77. The first kappa shape index (κ1) is 16.3. The van der Waals surface area contributed by atoms with Crippen LogP contribution in [0.4, 0.5) is 5.69 Å². The van der Waals surface area contributed by atoms with Gasteiger partial charge in [-0.15, -0.1) is 0 Å². The van der Waals surface area contributed by atoms with E-state index in [0.29, 0.717) is 4.90 Å². The van der Waals surface area contributed by atoms with Crippen molar-refractivity contribution in [2.75, 3.05) is 17.7 Å². The molecule has 1 aromatic rings. The highest BCUT2D eigenvalue weighted by molar-refractivity contribution is 7.91. The normalized spacial score (nSPS) is 23.5. The minimum atomic E-state index is -3.14. The molecule has 0 heterocycles. The van der Waals surface area contributed by atoms with E-state index < -0.39 is 9.84 Å². The molecule has 0 radical (unpaired) electrons. The molecule has 0 aromatic heterocycles. The molecule has 0 spiro atoms. The maximum atomic E-state index is 11.8. The van der Waals surface area contributed by atoms with Crippen molar-refractivity contribution in [1.29, 1.82) is 0 Å². The first-order valence-corrected chi connectivity index (χ1v) is 9.42. The molecule has 0 bridgehead atoms. The largest absolute Gasteiger partial charge is 0.396 e. The lowest BCUT2D eigenvalue weighted by atomic mass is 9.95.